The quantitative estimate of drug-likeness (QED) is 0.300. The number of thioether (sulfide) groups is 1. The van der Waals surface area contributed by atoms with Gasteiger partial charge in [0.1, 0.15) is 24.4 Å². The standard InChI is InChI=1S/C11H20O7S/c1-5(2)19-4-7(14)9(16)11(18)10(17)8(15)6(13)3-12/h5-6,8,10-13,15,17-18H,3-4H2,1-2H3/t6-,8+,10+,11+/m1/s1. The molecular weight excluding hydrogens is 276 g/mol. The molecule has 0 aliphatic heterocycles. The Balaban J connectivity index is 4.50. The van der Waals surface area contributed by atoms with E-state index in [0.717, 1.165) is 0 Å². The molecule has 8 heteroatoms. The van der Waals surface area contributed by atoms with E-state index in [9.17, 15) is 24.9 Å². The van der Waals surface area contributed by atoms with Gasteiger partial charge in [0.25, 0.3) is 0 Å². The Morgan fingerprint density at radius 3 is 2.00 bits per heavy atom. The van der Waals surface area contributed by atoms with Crippen LogP contribution >= 0.6 is 11.8 Å². The Morgan fingerprint density at radius 1 is 1.05 bits per heavy atom. The van der Waals surface area contributed by atoms with Crippen molar-refractivity contribution >= 4 is 23.3 Å². The van der Waals surface area contributed by atoms with Gasteiger partial charge in [0.2, 0.25) is 11.6 Å². The van der Waals surface area contributed by atoms with Crippen LogP contribution in [0, 0.1) is 0 Å². The maximum Gasteiger partial charge on any atom is 0.230 e. The SMILES string of the molecule is CC(C)SCC(=O)C(=O)[C@H](O)[C@@H](O)[C@@H](O)[C@H](O)CO. The third-order valence-corrected chi connectivity index (χ3v) is 3.44. The minimum Gasteiger partial charge on any atom is -0.394 e. The molecule has 0 radical (unpaired) electrons. The summed E-state index contributed by atoms with van der Waals surface area (Å²) in [7, 11) is 0. The molecule has 112 valence electrons. The molecule has 7 nitrogen and oxygen atoms in total. The van der Waals surface area contributed by atoms with Crippen molar-refractivity contribution in [2.24, 2.45) is 0 Å². The molecule has 0 aromatic heterocycles. The molecule has 0 aromatic rings. The van der Waals surface area contributed by atoms with Gasteiger partial charge in [-0.15, -0.1) is 0 Å². The number of hydrogen-bond donors (Lipinski definition) is 5. The molecule has 0 fully saturated rings. The third kappa shape index (κ3) is 5.98. The zero-order chi connectivity index (χ0) is 15.2. The van der Waals surface area contributed by atoms with Gasteiger partial charge in [0.05, 0.1) is 12.4 Å². The molecule has 0 unspecified atom stereocenters. The van der Waals surface area contributed by atoms with E-state index < -0.39 is 42.6 Å². The van der Waals surface area contributed by atoms with E-state index >= 15 is 0 Å². The van der Waals surface area contributed by atoms with Crippen LogP contribution in [0.2, 0.25) is 0 Å². The average molecular weight is 296 g/mol. The largest absolute Gasteiger partial charge is 0.394 e. The van der Waals surface area contributed by atoms with Crippen LogP contribution in [0.3, 0.4) is 0 Å². The van der Waals surface area contributed by atoms with Crippen LogP contribution in [0.5, 0.6) is 0 Å². The Morgan fingerprint density at radius 2 is 1.58 bits per heavy atom. The number of ketones is 2. The molecule has 0 saturated heterocycles. The van der Waals surface area contributed by atoms with Gasteiger partial charge < -0.3 is 25.5 Å². The van der Waals surface area contributed by atoms with Crippen LogP contribution < -0.4 is 0 Å². The predicted octanol–water partition coefficient (Wildman–Crippen LogP) is -2.30. The first-order valence-corrected chi connectivity index (χ1v) is 6.79. The molecule has 4 atom stereocenters. The van der Waals surface area contributed by atoms with Crippen molar-refractivity contribution in [3.63, 3.8) is 0 Å². The number of aliphatic hydroxyl groups is 5. The number of rotatable bonds is 9. The second kappa shape index (κ2) is 8.62. The van der Waals surface area contributed by atoms with Gasteiger partial charge in [0, 0.05) is 0 Å². The number of carbonyl (C=O) groups excluding carboxylic acids is 2. The van der Waals surface area contributed by atoms with Crippen molar-refractivity contribution in [1.29, 1.82) is 0 Å². The molecule has 0 spiro atoms. The van der Waals surface area contributed by atoms with E-state index in [4.69, 9.17) is 10.2 Å². The van der Waals surface area contributed by atoms with Gasteiger partial charge in [-0.1, -0.05) is 13.8 Å². The van der Waals surface area contributed by atoms with Crippen LogP contribution in [-0.4, -0.2) is 79.1 Å². The number of carbonyl (C=O) groups is 2. The second-order valence-corrected chi connectivity index (χ2v) is 5.89. The smallest absolute Gasteiger partial charge is 0.230 e. The molecule has 19 heavy (non-hydrogen) atoms. The van der Waals surface area contributed by atoms with Gasteiger partial charge in [-0.05, 0) is 5.25 Å². The van der Waals surface area contributed by atoms with Gasteiger partial charge in [-0.25, -0.2) is 0 Å². The minimum atomic E-state index is -2.13. The fourth-order valence-corrected chi connectivity index (χ4v) is 1.78. The van der Waals surface area contributed by atoms with Crippen molar-refractivity contribution in [2.45, 2.75) is 43.5 Å². The Kier molecular flexibility index (Phi) is 8.39. The molecule has 0 heterocycles. The molecule has 0 rings (SSSR count). The summed E-state index contributed by atoms with van der Waals surface area (Å²) in [5, 5.41) is 46.0. The lowest BCUT2D eigenvalue weighted by Gasteiger charge is -2.24. The summed E-state index contributed by atoms with van der Waals surface area (Å²) >= 11 is 1.20. The van der Waals surface area contributed by atoms with Crippen LogP contribution in [0.1, 0.15) is 13.8 Å². The highest BCUT2D eigenvalue weighted by Gasteiger charge is 2.36. The summed E-state index contributed by atoms with van der Waals surface area (Å²) in [4.78, 5) is 22.9. The topological polar surface area (TPSA) is 135 Å². The molecule has 0 amide bonds. The number of hydrogen-bond acceptors (Lipinski definition) is 8. The minimum absolute atomic E-state index is 0.126. The number of Topliss-reactive ketones (excluding diaryl/α,β-unsaturated/α-hetero) is 2. The average Bonchev–Trinajstić information content (AvgIpc) is 2.40. The lowest BCUT2D eigenvalue weighted by molar-refractivity contribution is -0.153. The fourth-order valence-electron chi connectivity index (χ4n) is 1.16. The molecule has 0 aliphatic carbocycles. The summed E-state index contributed by atoms with van der Waals surface area (Å²) in [6.07, 6.45) is -7.80. The zero-order valence-electron chi connectivity index (χ0n) is 10.8. The van der Waals surface area contributed by atoms with E-state index in [1.807, 2.05) is 13.8 Å². The summed E-state index contributed by atoms with van der Waals surface area (Å²) in [6.45, 7) is 2.81. The van der Waals surface area contributed by atoms with Gasteiger partial charge in [0.15, 0.2) is 0 Å². The molecule has 0 saturated carbocycles. The van der Waals surface area contributed by atoms with E-state index in [1.54, 1.807) is 0 Å². The van der Waals surface area contributed by atoms with E-state index in [-0.39, 0.29) is 11.0 Å². The molecule has 5 N–H and O–H groups in total. The molecule has 0 bridgehead atoms. The molecule has 0 aliphatic rings. The van der Waals surface area contributed by atoms with Crippen LogP contribution in [0.15, 0.2) is 0 Å². The highest BCUT2D eigenvalue weighted by Crippen LogP contribution is 2.11. The van der Waals surface area contributed by atoms with E-state index in [2.05, 4.69) is 0 Å². The molecular formula is C11H20O7S. The van der Waals surface area contributed by atoms with Gasteiger partial charge >= 0.3 is 0 Å². The van der Waals surface area contributed by atoms with E-state index in [1.165, 1.54) is 11.8 Å². The van der Waals surface area contributed by atoms with Crippen molar-refractivity contribution in [3.05, 3.63) is 0 Å². The van der Waals surface area contributed by atoms with Crippen molar-refractivity contribution in [3.8, 4) is 0 Å². The Bertz CT molecular complexity index is 307. The summed E-state index contributed by atoms with van der Waals surface area (Å²) < 4.78 is 0. The summed E-state index contributed by atoms with van der Waals surface area (Å²) in [5.41, 5.74) is 0. The van der Waals surface area contributed by atoms with Gasteiger partial charge in [-0.3, -0.25) is 9.59 Å². The maximum atomic E-state index is 11.5. The van der Waals surface area contributed by atoms with Crippen molar-refractivity contribution in [2.75, 3.05) is 12.4 Å². The maximum absolute atomic E-state index is 11.5. The van der Waals surface area contributed by atoms with Crippen LogP contribution in [0.4, 0.5) is 0 Å². The normalized spacial score (nSPS) is 17.9. The summed E-state index contributed by atoms with van der Waals surface area (Å²) in [6, 6.07) is 0. The van der Waals surface area contributed by atoms with Crippen LogP contribution in [-0.2, 0) is 9.59 Å². The van der Waals surface area contributed by atoms with Gasteiger partial charge in [-0.2, -0.15) is 11.8 Å². The first-order valence-electron chi connectivity index (χ1n) is 5.74. The first-order chi connectivity index (χ1) is 8.72. The first kappa shape index (κ1) is 18.5. The van der Waals surface area contributed by atoms with Crippen LogP contribution in [0.25, 0.3) is 0 Å². The fraction of sp³-hybridized carbons (Fsp3) is 0.818. The summed E-state index contributed by atoms with van der Waals surface area (Å²) in [5.74, 6) is -2.25. The highest BCUT2D eigenvalue weighted by atomic mass is 32.2. The lowest BCUT2D eigenvalue weighted by Crippen LogP contribution is -2.50. The Hall–Kier alpha value is -0.510. The monoisotopic (exact) mass is 296 g/mol. The second-order valence-electron chi connectivity index (χ2n) is 4.32. The Labute approximate surface area is 115 Å². The van der Waals surface area contributed by atoms with E-state index in [0.29, 0.717) is 0 Å². The third-order valence-electron chi connectivity index (χ3n) is 2.35. The van der Waals surface area contributed by atoms with Crippen molar-refractivity contribution in [1.82, 2.24) is 0 Å². The highest BCUT2D eigenvalue weighted by molar-refractivity contribution is 8.00. The zero-order valence-corrected chi connectivity index (χ0v) is 11.6. The number of aliphatic hydroxyl groups excluding tert-OH is 5. The predicted molar refractivity (Wildman–Crippen MR) is 68.7 cm³/mol. The lowest BCUT2D eigenvalue weighted by atomic mass is 9.99. The molecule has 0 aromatic carbocycles. The van der Waals surface area contributed by atoms with Crippen molar-refractivity contribution < 1.29 is 35.1 Å².